The Balaban J connectivity index is 1.99. The van der Waals surface area contributed by atoms with E-state index in [4.69, 9.17) is 5.73 Å². The second-order valence-electron chi connectivity index (χ2n) is 3.93. The predicted molar refractivity (Wildman–Crippen MR) is 72.9 cm³/mol. The van der Waals surface area contributed by atoms with Gasteiger partial charge in [-0.25, -0.2) is 4.39 Å². The van der Waals surface area contributed by atoms with Crippen LogP contribution < -0.4 is 5.73 Å². The molecule has 0 aromatic heterocycles. The van der Waals surface area contributed by atoms with Crippen LogP contribution in [0, 0.1) is 5.82 Å². The maximum Gasteiger partial charge on any atom is 0.138 e. The van der Waals surface area contributed by atoms with Gasteiger partial charge in [0.05, 0.1) is 6.10 Å². The topological polar surface area (TPSA) is 46.2 Å². The second-order valence-corrected chi connectivity index (χ2v) is 4.99. The smallest absolute Gasteiger partial charge is 0.138 e. The van der Waals surface area contributed by atoms with Crippen LogP contribution in [0.15, 0.2) is 53.4 Å². The summed E-state index contributed by atoms with van der Waals surface area (Å²) in [4.78, 5) is 0.499. The van der Waals surface area contributed by atoms with Gasteiger partial charge in [0.15, 0.2) is 0 Å². The van der Waals surface area contributed by atoms with Crippen molar-refractivity contribution < 1.29 is 9.50 Å². The molecule has 2 aromatic carbocycles. The molecular weight excluding hydrogens is 249 g/mol. The van der Waals surface area contributed by atoms with Crippen LogP contribution in [0.1, 0.15) is 11.7 Å². The monoisotopic (exact) mass is 263 g/mol. The Morgan fingerprint density at radius 2 is 1.89 bits per heavy atom. The van der Waals surface area contributed by atoms with Crippen molar-refractivity contribution in [1.29, 1.82) is 0 Å². The summed E-state index contributed by atoms with van der Waals surface area (Å²) in [6.07, 6.45) is -0.604. The largest absolute Gasteiger partial charge is 0.399 e. The average Bonchev–Trinajstić information content (AvgIpc) is 2.38. The Labute approximate surface area is 110 Å². The van der Waals surface area contributed by atoms with Gasteiger partial charge in [-0.05, 0) is 23.8 Å². The van der Waals surface area contributed by atoms with E-state index in [1.807, 2.05) is 30.3 Å². The third-order valence-corrected chi connectivity index (χ3v) is 3.66. The maximum atomic E-state index is 13.5. The highest BCUT2D eigenvalue weighted by Gasteiger charge is 2.09. The number of aliphatic hydroxyl groups is 1. The van der Waals surface area contributed by atoms with E-state index in [-0.39, 0.29) is 5.82 Å². The SMILES string of the molecule is Nc1ccc(SCC(O)c2ccccc2)c(F)c1. The van der Waals surface area contributed by atoms with E-state index in [0.717, 1.165) is 5.56 Å². The van der Waals surface area contributed by atoms with E-state index in [2.05, 4.69) is 0 Å². The normalized spacial score (nSPS) is 12.3. The Kier molecular flexibility index (Phi) is 4.23. The quantitative estimate of drug-likeness (QED) is 0.657. The first-order valence-electron chi connectivity index (χ1n) is 5.57. The molecule has 0 aliphatic rings. The Morgan fingerprint density at radius 1 is 1.17 bits per heavy atom. The first kappa shape index (κ1) is 12.9. The number of anilines is 1. The first-order chi connectivity index (χ1) is 8.66. The highest BCUT2D eigenvalue weighted by Crippen LogP contribution is 2.27. The fourth-order valence-electron chi connectivity index (χ4n) is 1.57. The number of hydrogen-bond donors (Lipinski definition) is 2. The van der Waals surface area contributed by atoms with Crippen molar-refractivity contribution in [3.8, 4) is 0 Å². The minimum atomic E-state index is -0.604. The number of rotatable bonds is 4. The molecule has 2 nitrogen and oxygen atoms in total. The standard InChI is InChI=1S/C14H14FNOS/c15-12-8-11(16)6-7-14(12)18-9-13(17)10-4-2-1-3-5-10/h1-8,13,17H,9,16H2. The summed E-state index contributed by atoms with van der Waals surface area (Å²) >= 11 is 1.28. The Morgan fingerprint density at radius 3 is 2.56 bits per heavy atom. The molecule has 1 unspecified atom stereocenters. The third kappa shape index (κ3) is 3.24. The summed E-state index contributed by atoms with van der Waals surface area (Å²) in [5.41, 5.74) is 6.71. The lowest BCUT2D eigenvalue weighted by Crippen LogP contribution is -2.00. The van der Waals surface area contributed by atoms with Gasteiger partial charge in [-0.1, -0.05) is 30.3 Å². The zero-order valence-corrected chi connectivity index (χ0v) is 10.5. The molecule has 4 heteroatoms. The van der Waals surface area contributed by atoms with Crippen LogP contribution in [0.25, 0.3) is 0 Å². The van der Waals surface area contributed by atoms with Gasteiger partial charge in [0, 0.05) is 16.3 Å². The van der Waals surface area contributed by atoms with Gasteiger partial charge in [-0.2, -0.15) is 0 Å². The molecule has 0 heterocycles. The minimum absolute atomic E-state index is 0.347. The zero-order valence-electron chi connectivity index (χ0n) is 9.71. The van der Waals surface area contributed by atoms with Crippen LogP contribution >= 0.6 is 11.8 Å². The summed E-state index contributed by atoms with van der Waals surface area (Å²) < 4.78 is 13.5. The van der Waals surface area contributed by atoms with E-state index < -0.39 is 6.10 Å². The van der Waals surface area contributed by atoms with E-state index in [1.165, 1.54) is 17.8 Å². The minimum Gasteiger partial charge on any atom is -0.399 e. The van der Waals surface area contributed by atoms with Crippen molar-refractivity contribution in [2.45, 2.75) is 11.0 Å². The lowest BCUT2D eigenvalue weighted by atomic mass is 10.1. The van der Waals surface area contributed by atoms with Crippen molar-refractivity contribution in [2.75, 3.05) is 11.5 Å². The summed E-state index contributed by atoms with van der Waals surface area (Å²) in [6.45, 7) is 0. The molecule has 0 spiro atoms. The fourth-order valence-corrected chi connectivity index (χ4v) is 2.47. The molecule has 0 bridgehead atoms. The molecule has 0 saturated carbocycles. The summed E-state index contributed by atoms with van der Waals surface area (Å²) in [6, 6.07) is 13.9. The van der Waals surface area contributed by atoms with Crippen LogP contribution in [0.3, 0.4) is 0 Å². The first-order valence-corrected chi connectivity index (χ1v) is 6.56. The highest BCUT2D eigenvalue weighted by molar-refractivity contribution is 7.99. The average molecular weight is 263 g/mol. The molecule has 3 N–H and O–H groups in total. The molecular formula is C14H14FNOS. The third-order valence-electron chi connectivity index (χ3n) is 2.54. The van der Waals surface area contributed by atoms with E-state index in [9.17, 15) is 9.50 Å². The van der Waals surface area contributed by atoms with Gasteiger partial charge >= 0.3 is 0 Å². The van der Waals surface area contributed by atoms with Crippen molar-refractivity contribution in [3.05, 3.63) is 59.9 Å². The van der Waals surface area contributed by atoms with Crippen LogP contribution in [0.2, 0.25) is 0 Å². The summed E-state index contributed by atoms with van der Waals surface area (Å²) in [5.74, 6) is 0.0606. The molecule has 2 aromatic rings. The van der Waals surface area contributed by atoms with Gasteiger partial charge in [0.1, 0.15) is 5.82 Å². The number of halogens is 1. The van der Waals surface area contributed by atoms with Crippen LogP contribution in [0.5, 0.6) is 0 Å². The second kappa shape index (κ2) is 5.89. The van der Waals surface area contributed by atoms with Crippen molar-refractivity contribution in [2.24, 2.45) is 0 Å². The molecule has 0 fully saturated rings. The molecule has 0 radical (unpaired) electrons. The molecule has 1 atom stereocenters. The van der Waals surface area contributed by atoms with Crippen LogP contribution in [-0.4, -0.2) is 10.9 Å². The molecule has 18 heavy (non-hydrogen) atoms. The van der Waals surface area contributed by atoms with E-state index in [1.54, 1.807) is 12.1 Å². The Hall–Kier alpha value is -1.52. The van der Waals surface area contributed by atoms with Gasteiger partial charge < -0.3 is 10.8 Å². The number of nitrogens with two attached hydrogens (primary N) is 1. The van der Waals surface area contributed by atoms with E-state index in [0.29, 0.717) is 16.3 Å². The van der Waals surface area contributed by atoms with Crippen molar-refractivity contribution in [1.82, 2.24) is 0 Å². The lowest BCUT2D eigenvalue weighted by molar-refractivity contribution is 0.204. The van der Waals surface area contributed by atoms with E-state index >= 15 is 0 Å². The lowest BCUT2D eigenvalue weighted by Gasteiger charge is -2.11. The molecule has 0 aliphatic heterocycles. The fraction of sp³-hybridized carbons (Fsp3) is 0.143. The van der Waals surface area contributed by atoms with Crippen molar-refractivity contribution >= 4 is 17.4 Å². The summed E-state index contributed by atoms with van der Waals surface area (Å²) in [5, 5.41) is 9.96. The maximum absolute atomic E-state index is 13.5. The summed E-state index contributed by atoms with van der Waals surface area (Å²) in [7, 11) is 0. The van der Waals surface area contributed by atoms with Gasteiger partial charge in [-0.3, -0.25) is 0 Å². The molecule has 2 rings (SSSR count). The predicted octanol–water partition coefficient (Wildman–Crippen LogP) is 3.23. The number of nitrogen functional groups attached to an aromatic ring is 1. The van der Waals surface area contributed by atoms with Crippen LogP contribution in [0.4, 0.5) is 10.1 Å². The van der Waals surface area contributed by atoms with Gasteiger partial charge in [0.25, 0.3) is 0 Å². The van der Waals surface area contributed by atoms with Gasteiger partial charge in [-0.15, -0.1) is 11.8 Å². The zero-order chi connectivity index (χ0) is 13.0. The van der Waals surface area contributed by atoms with Gasteiger partial charge in [0.2, 0.25) is 0 Å². The van der Waals surface area contributed by atoms with Crippen molar-refractivity contribution in [3.63, 3.8) is 0 Å². The Bertz CT molecular complexity index is 518. The molecule has 0 aliphatic carbocycles. The molecule has 0 saturated heterocycles. The van der Waals surface area contributed by atoms with Crippen LogP contribution in [-0.2, 0) is 0 Å². The molecule has 94 valence electrons. The number of thioether (sulfide) groups is 1. The molecule has 0 amide bonds. The number of aliphatic hydroxyl groups excluding tert-OH is 1. The number of hydrogen-bond acceptors (Lipinski definition) is 3. The number of benzene rings is 2. The highest BCUT2D eigenvalue weighted by atomic mass is 32.2.